The van der Waals surface area contributed by atoms with Gasteiger partial charge in [0, 0.05) is 22.2 Å². The lowest BCUT2D eigenvalue weighted by Crippen LogP contribution is -2.25. The second-order valence-electron chi connectivity index (χ2n) is 13.9. The van der Waals surface area contributed by atoms with Crippen LogP contribution in [-0.4, -0.2) is 16.2 Å². The van der Waals surface area contributed by atoms with Gasteiger partial charge in [-0.15, -0.1) is 0 Å². The van der Waals surface area contributed by atoms with Crippen molar-refractivity contribution >= 4 is 29.2 Å². The first-order valence-corrected chi connectivity index (χ1v) is 19.5. The average molecular weight is 714 g/mol. The van der Waals surface area contributed by atoms with Gasteiger partial charge in [-0.05, 0) is 93.3 Å². The van der Waals surface area contributed by atoms with Gasteiger partial charge in [0.25, 0.3) is 0 Å². The molecule has 0 N–H and O–H groups in total. The Balaban J connectivity index is 1.13. The molecule has 260 valence electrons. The molecule has 3 nitrogen and oxygen atoms in total. The number of aliphatic imine (C=N–C) groups is 1. The summed E-state index contributed by atoms with van der Waals surface area (Å²) in [5.74, 6) is 0.203. The Hall–Kier alpha value is -6.10. The molecule has 0 bridgehead atoms. The summed E-state index contributed by atoms with van der Waals surface area (Å²) >= 11 is 1.79. The highest BCUT2D eigenvalue weighted by atomic mass is 32.2. The Morgan fingerprint density at radius 3 is 2.31 bits per heavy atom. The van der Waals surface area contributed by atoms with Gasteiger partial charge in [0.05, 0.1) is 22.5 Å². The quantitative estimate of drug-likeness (QED) is 0.127. The van der Waals surface area contributed by atoms with E-state index in [0.29, 0.717) is 0 Å². The standard InChI is InChI=1S/C50H39N3S/c1-2-36(39-21-11-25-46-42(39)22-13-30-51-46)18-10-14-35-15-12-29-50(43-23-8-6-19-40(43)41-20-7-9-24-44(41)50)45-27-26-38(32-49(45)54-31-28-35)48-33-47(52-34-53-48)37-16-4-3-5-17-37/h2-12,14,16-21,23-35H,1,13,15,22H2/b14-10+,29-12+,31-28+,36-18+. The summed E-state index contributed by atoms with van der Waals surface area (Å²) in [4.78, 5) is 15.2. The maximum atomic E-state index is 4.75. The summed E-state index contributed by atoms with van der Waals surface area (Å²) in [6.07, 6.45) is 22.4. The van der Waals surface area contributed by atoms with Crippen LogP contribution in [0.15, 0.2) is 192 Å². The third-order valence-electron chi connectivity index (χ3n) is 10.8. The third-order valence-corrected chi connectivity index (χ3v) is 11.7. The van der Waals surface area contributed by atoms with Crippen molar-refractivity contribution in [1.82, 2.24) is 9.97 Å². The molecule has 9 rings (SSSR count). The van der Waals surface area contributed by atoms with E-state index in [-0.39, 0.29) is 5.92 Å². The van der Waals surface area contributed by atoms with Gasteiger partial charge in [0.15, 0.2) is 0 Å². The minimum absolute atomic E-state index is 0.203. The monoisotopic (exact) mass is 713 g/mol. The van der Waals surface area contributed by atoms with Crippen LogP contribution in [0.1, 0.15) is 40.7 Å². The zero-order valence-corrected chi connectivity index (χ0v) is 30.8. The molecule has 0 fully saturated rings. The molecule has 3 heterocycles. The predicted octanol–water partition coefficient (Wildman–Crippen LogP) is 12.8. The van der Waals surface area contributed by atoms with E-state index < -0.39 is 5.41 Å². The van der Waals surface area contributed by atoms with E-state index in [4.69, 9.17) is 4.98 Å². The molecule has 0 amide bonds. The van der Waals surface area contributed by atoms with Gasteiger partial charge < -0.3 is 0 Å². The summed E-state index contributed by atoms with van der Waals surface area (Å²) in [5, 5.41) is 2.27. The van der Waals surface area contributed by atoms with Crippen molar-refractivity contribution in [2.45, 2.75) is 29.6 Å². The molecule has 4 heteroatoms. The van der Waals surface area contributed by atoms with Gasteiger partial charge in [-0.1, -0.05) is 164 Å². The molecule has 2 aliphatic heterocycles. The first-order chi connectivity index (χ1) is 26.7. The molecule has 54 heavy (non-hydrogen) atoms. The number of benzene rings is 5. The van der Waals surface area contributed by atoms with Gasteiger partial charge >= 0.3 is 0 Å². The highest BCUT2D eigenvalue weighted by molar-refractivity contribution is 8.02. The van der Waals surface area contributed by atoms with Crippen molar-refractivity contribution < 1.29 is 0 Å². The molecular weight excluding hydrogens is 675 g/mol. The largest absolute Gasteiger partial charge is 0.261 e. The number of allylic oxidation sites excluding steroid dienone is 8. The first-order valence-electron chi connectivity index (χ1n) is 18.6. The Bertz CT molecular complexity index is 2490. The fourth-order valence-electron chi connectivity index (χ4n) is 8.22. The lowest BCUT2D eigenvalue weighted by atomic mass is 9.71. The molecule has 1 aliphatic carbocycles. The van der Waals surface area contributed by atoms with Crippen LogP contribution < -0.4 is 0 Å². The maximum absolute atomic E-state index is 4.75. The van der Waals surface area contributed by atoms with Crippen LogP contribution >= 0.6 is 11.8 Å². The fraction of sp³-hybridized carbons (Fsp3) is 0.100. The zero-order valence-electron chi connectivity index (χ0n) is 30.0. The van der Waals surface area contributed by atoms with Crippen LogP contribution in [0.5, 0.6) is 0 Å². The Morgan fingerprint density at radius 2 is 1.52 bits per heavy atom. The summed E-state index contributed by atoms with van der Waals surface area (Å²) in [7, 11) is 0. The second-order valence-corrected chi connectivity index (χ2v) is 14.8. The number of hydrogen-bond donors (Lipinski definition) is 0. The van der Waals surface area contributed by atoms with Gasteiger partial charge in [-0.25, -0.2) is 9.97 Å². The van der Waals surface area contributed by atoms with E-state index in [0.717, 1.165) is 53.0 Å². The molecule has 1 unspecified atom stereocenters. The predicted molar refractivity (Wildman–Crippen MR) is 227 cm³/mol. The van der Waals surface area contributed by atoms with Crippen molar-refractivity contribution in [3.05, 3.63) is 210 Å². The Labute approximate surface area is 322 Å². The highest BCUT2D eigenvalue weighted by Gasteiger charge is 2.44. The number of fused-ring (bicyclic) bond motifs is 8. The summed E-state index contributed by atoms with van der Waals surface area (Å²) < 4.78 is 0. The van der Waals surface area contributed by atoms with Crippen molar-refractivity contribution in [2.75, 3.05) is 0 Å². The van der Waals surface area contributed by atoms with E-state index in [2.05, 4.69) is 162 Å². The highest BCUT2D eigenvalue weighted by Crippen LogP contribution is 2.55. The van der Waals surface area contributed by atoms with Gasteiger partial charge in [-0.3, -0.25) is 4.99 Å². The van der Waals surface area contributed by atoms with Crippen LogP contribution in [0.2, 0.25) is 0 Å². The fourth-order valence-corrected chi connectivity index (χ4v) is 9.20. The summed E-state index contributed by atoms with van der Waals surface area (Å²) in [5.41, 5.74) is 14.7. The van der Waals surface area contributed by atoms with Crippen molar-refractivity contribution in [3.8, 4) is 33.6 Å². The molecule has 1 spiro atoms. The van der Waals surface area contributed by atoms with Gasteiger partial charge in [-0.2, -0.15) is 0 Å². The van der Waals surface area contributed by atoms with Crippen LogP contribution in [0.3, 0.4) is 0 Å². The second kappa shape index (κ2) is 14.7. The van der Waals surface area contributed by atoms with Crippen molar-refractivity contribution in [3.63, 3.8) is 0 Å². The van der Waals surface area contributed by atoms with E-state index in [9.17, 15) is 0 Å². The van der Waals surface area contributed by atoms with Crippen molar-refractivity contribution in [2.24, 2.45) is 10.9 Å². The molecule has 6 aromatic rings. The van der Waals surface area contributed by atoms with Crippen LogP contribution in [0.25, 0.3) is 39.2 Å². The molecule has 1 atom stereocenters. The normalized spacial score (nSPS) is 18.0. The number of rotatable bonds is 6. The molecule has 0 radical (unpaired) electrons. The van der Waals surface area contributed by atoms with Crippen LogP contribution in [0.4, 0.5) is 5.69 Å². The minimum atomic E-state index is -0.445. The van der Waals surface area contributed by atoms with E-state index >= 15 is 0 Å². The SMILES string of the molecule is C=C/C(=C\C=C\C1/C=C/Sc2cc(-c3cc(-c4ccccc4)ncn3)ccc2C2(/C=C/C1)c1ccccc1-c1ccccc12)c1cccc2c1CCC=N2. The molecule has 5 aromatic carbocycles. The summed E-state index contributed by atoms with van der Waals surface area (Å²) in [6, 6.07) is 43.5. The first kappa shape index (κ1) is 33.7. The van der Waals surface area contributed by atoms with Crippen LogP contribution in [0, 0.1) is 5.92 Å². The average Bonchev–Trinajstić information content (AvgIpc) is 3.52. The molecular formula is C50H39N3S. The number of aromatic nitrogens is 2. The van der Waals surface area contributed by atoms with E-state index in [1.165, 1.54) is 43.8 Å². The summed E-state index contributed by atoms with van der Waals surface area (Å²) in [6.45, 7) is 4.17. The molecule has 3 aliphatic rings. The number of nitrogens with zero attached hydrogens (tertiary/aromatic N) is 3. The zero-order chi connectivity index (χ0) is 36.3. The van der Waals surface area contributed by atoms with Gasteiger partial charge in [0.2, 0.25) is 0 Å². The number of thioether (sulfide) groups is 1. The Morgan fingerprint density at radius 1 is 0.759 bits per heavy atom. The maximum Gasteiger partial charge on any atom is 0.116 e. The molecule has 0 saturated heterocycles. The van der Waals surface area contributed by atoms with Crippen molar-refractivity contribution in [1.29, 1.82) is 0 Å². The number of hydrogen-bond acceptors (Lipinski definition) is 4. The smallest absolute Gasteiger partial charge is 0.116 e. The van der Waals surface area contributed by atoms with Crippen LogP contribution in [-0.2, 0) is 11.8 Å². The molecule has 0 saturated carbocycles. The van der Waals surface area contributed by atoms with E-state index in [1.807, 2.05) is 30.5 Å². The minimum Gasteiger partial charge on any atom is -0.261 e. The Kier molecular flexibility index (Phi) is 9.20. The third kappa shape index (κ3) is 6.13. The topological polar surface area (TPSA) is 38.1 Å². The lowest BCUT2D eigenvalue weighted by molar-refractivity contribution is 0.762. The lowest BCUT2D eigenvalue weighted by Gasteiger charge is -2.32. The van der Waals surface area contributed by atoms with E-state index in [1.54, 1.807) is 18.1 Å². The molecule has 1 aromatic heterocycles. The van der Waals surface area contributed by atoms with Gasteiger partial charge in [0.1, 0.15) is 6.33 Å².